The second-order valence-corrected chi connectivity index (χ2v) is 6.94. The average Bonchev–Trinajstić information content (AvgIpc) is 2.84. The van der Waals surface area contributed by atoms with Crippen molar-refractivity contribution >= 4 is 6.03 Å². The quantitative estimate of drug-likeness (QED) is 0.869. The number of rotatable bonds is 6. The van der Waals surface area contributed by atoms with Gasteiger partial charge in [0.05, 0.1) is 6.04 Å². The smallest absolute Gasteiger partial charge is 0.317 e. The van der Waals surface area contributed by atoms with Crippen LogP contribution in [0.1, 0.15) is 56.3 Å². The van der Waals surface area contributed by atoms with Gasteiger partial charge in [0.15, 0.2) is 0 Å². The van der Waals surface area contributed by atoms with Gasteiger partial charge in [0.25, 0.3) is 0 Å². The van der Waals surface area contributed by atoms with Crippen LogP contribution in [-0.4, -0.2) is 54.0 Å². The molecule has 1 aromatic heterocycles. The molecule has 1 saturated heterocycles. The lowest BCUT2D eigenvalue weighted by Gasteiger charge is -2.24. The van der Waals surface area contributed by atoms with Crippen molar-refractivity contribution in [3.05, 3.63) is 29.6 Å². The van der Waals surface area contributed by atoms with Crippen LogP contribution in [0.25, 0.3) is 0 Å². The fraction of sp³-hybridized carbons (Fsp3) is 0.684. The molecule has 1 aliphatic rings. The van der Waals surface area contributed by atoms with E-state index in [0.29, 0.717) is 0 Å². The minimum atomic E-state index is -0.0290. The highest BCUT2D eigenvalue weighted by atomic mass is 16.2. The van der Waals surface area contributed by atoms with Crippen LogP contribution in [0.3, 0.4) is 0 Å². The summed E-state index contributed by atoms with van der Waals surface area (Å²) < 4.78 is 0. The summed E-state index contributed by atoms with van der Waals surface area (Å²) >= 11 is 0. The van der Waals surface area contributed by atoms with Crippen molar-refractivity contribution in [1.82, 2.24) is 20.1 Å². The summed E-state index contributed by atoms with van der Waals surface area (Å²) in [5, 5.41) is 3.05. The first-order valence-corrected chi connectivity index (χ1v) is 9.23. The van der Waals surface area contributed by atoms with Crippen LogP contribution in [0.5, 0.6) is 0 Å². The molecule has 0 bridgehead atoms. The summed E-state index contributed by atoms with van der Waals surface area (Å²) in [7, 11) is 1.87. The lowest BCUT2D eigenvalue weighted by molar-refractivity contribution is 0.200. The zero-order valence-corrected chi connectivity index (χ0v) is 15.4. The highest BCUT2D eigenvalue weighted by molar-refractivity contribution is 5.74. The molecule has 0 saturated carbocycles. The van der Waals surface area contributed by atoms with Crippen LogP contribution in [0.15, 0.2) is 18.3 Å². The fourth-order valence-corrected chi connectivity index (χ4v) is 3.11. The van der Waals surface area contributed by atoms with Crippen molar-refractivity contribution in [2.45, 2.75) is 52.0 Å². The zero-order valence-electron chi connectivity index (χ0n) is 15.4. The molecule has 24 heavy (non-hydrogen) atoms. The van der Waals surface area contributed by atoms with Crippen LogP contribution in [-0.2, 0) is 0 Å². The first-order chi connectivity index (χ1) is 11.6. The van der Waals surface area contributed by atoms with Crippen LogP contribution in [0.4, 0.5) is 4.79 Å². The molecular formula is C19H32N4O. The van der Waals surface area contributed by atoms with Crippen LogP contribution < -0.4 is 5.32 Å². The van der Waals surface area contributed by atoms with Gasteiger partial charge >= 0.3 is 6.03 Å². The number of aromatic nitrogens is 1. The number of carbonyl (C=O) groups is 1. The largest absolute Gasteiger partial charge is 0.331 e. The number of nitrogens with one attached hydrogen (secondary N) is 1. The van der Waals surface area contributed by atoms with E-state index in [1.54, 1.807) is 4.90 Å². The Bertz CT molecular complexity index is 495. The van der Waals surface area contributed by atoms with Crippen LogP contribution >= 0.6 is 0 Å². The van der Waals surface area contributed by atoms with E-state index in [0.717, 1.165) is 30.8 Å². The van der Waals surface area contributed by atoms with Gasteiger partial charge in [0.1, 0.15) is 0 Å². The van der Waals surface area contributed by atoms with Gasteiger partial charge in [0, 0.05) is 25.5 Å². The second kappa shape index (κ2) is 9.62. The summed E-state index contributed by atoms with van der Waals surface area (Å²) in [6.45, 7) is 8.28. The minimum Gasteiger partial charge on any atom is -0.331 e. The summed E-state index contributed by atoms with van der Waals surface area (Å²) in [6, 6.07) is 3.95. The monoisotopic (exact) mass is 332 g/mol. The van der Waals surface area contributed by atoms with Gasteiger partial charge in [0.2, 0.25) is 0 Å². The molecule has 5 heteroatoms. The Morgan fingerprint density at radius 2 is 2.00 bits per heavy atom. The van der Waals surface area contributed by atoms with Crippen molar-refractivity contribution in [1.29, 1.82) is 0 Å². The van der Waals surface area contributed by atoms with Crippen LogP contribution in [0, 0.1) is 6.92 Å². The third-order valence-corrected chi connectivity index (χ3v) is 4.79. The molecule has 2 rings (SSSR count). The summed E-state index contributed by atoms with van der Waals surface area (Å²) in [5.41, 5.74) is 2.02. The minimum absolute atomic E-state index is 0.0149. The normalized spacial score (nSPS) is 17.1. The fourth-order valence-electron chi connectivity index (χ4n) is 3.11. The van der Waals surface area contributed by atoms with Gasteiger partial charge in [-0.25, -0.2) is 4.79 Å². The molecule has 1 fully saturated rings. The van der Waals surface area contributed by atoms with E-state index in [9.17, 15) is 4.79 Å². The van der Waals surface area contributed by atoms with E-state index < -0.39 is 0 Å². The number of nitrogens with zero attached hydrogens (tertiary/aromatic N) is 3. The third-order valence-electron chi connectivity index (χ3n) is 4.79. The maximum absolute atomic E-state index is 12.3. The Balaban J connectivity index is 1.70. The molecule has 0 aromatic carbocycles. The van der Waals surface area contributed by atoms with Crippen molar-refractivity contribution in [2.24, 2.45) is 0 Å². The predicted molar refractivity (Wildman–Crippen MR) is 98.1 cm³/mol. The Morgan fingerprint density at radius 3 is 2.62 bits per heavy atom. The zero-order chi connectivity index (χ0) is 17.4. The number of hydrogen-bond donors (Lipinski definition) is 1. The van der Waals surface area contributed by atoms with E-state index in [-0.39, 0.29) is 12.1 Å². The number of urea groups is 1. The van der Waals surface area contributed by atoms with Gasteiger partial charge in [-0.2, -0.15) is 0 Å². The van der Waals surface area contributed by atoms with Gasteiger partial charge in [-0.1, -0.05) is 18.9 Å². The number of carbonyl (C=O) groups excluding carboxylic acids is 1. The standard InChI is InChI=1S/C19H32N4O/c1-16-9-10-18(15-20-16)17(2)21-19(24)22(3)11-8-14-23-12-6-4-5-7-13-23/h9-10,15,17H,4-8,11-14H2,1-3H3,(H,21,24)/t17-/m1/s1. The number of pyridine rings is 1. The van der Waals surface area contributed by atoms with Crippen LogP contribution in [0.2, 0.25) is 0 Å². The van der Waals surface area contributed by atoms with E-state index in [4.69, 9.17) is 0 Å². The Kier molecular flexibility index (Phi) is 7.50. The summed E-state index contributed by atoms with van der Waals surface area (Å²) in [6.07, 6.45) is 8.23. The number of hydrogen-bond acceptors (Lipinski definition) is 3. The lowest BCUT2D eigenvalue weighted by atomic mass is 10.1. The molecule has 0 radical (unpaired) electrons. The number of amides is 2. The van der Waals surface area contributed by atoms with Crippen molar-refractivity contribution in [2.75, 3.05) is 33.2 Å². The number of likely N-dealkylation sites (tertiary alicyclic amines) is 1. The molecule has 0 aliphatic carbocycles. The van der Waals surface area contributed by atoms with Gasteiger partial charge in [-0.3, -0.25) is 4.98 Å². The summed E-state index contributed by atoms with van der Waals surface area (Å²) in [5.74, 6) is 0. The van der Waals surface area contributed by atoms with E-state index in [1.807, 2.05) is 39.2 Å². The average molecular weight is 332 g/mol. The van der Waals surface area contributed by atoms with E-state index >= 15 is 0 Å². The second-order valence-electron chi connectivity index (χ2n) is 6.94. The maximum Gasteiger partial charge on any atom is 0.317 e. The van der Waals surface area contributed by atoms with Gasteiger partial charge in [-0.15, -0.1) is 0 Å². The topological polar surface area (TPSA) is 48.5 Å². The SMILES string of the molecule is Cc1ccc([C@@H](C)NC(=O)N(C)CCCN2CCCCCC2)cn1. The molecule has 2 amide bonds. The molecule has 5 nitrogen and oxygen atoms in total. The molecule has 0 spiro atoms. The molecule has 0 unspecified atom stereocenters. The molecule has 134 valence electrons. The molecule has 1 atom stereocenters. The maximum atomic E-state index is 12.3. The molecule has 1 aliphatic heterocycles. The molecule has 2 heterocycles. The van der Waals surface area contributed by atoms with Gasteiger partial charge < -0.3 is 15.1 Å². The lowest BCUT2D eigenvalue weighted by Crippen LogP contribution is -2.40. The van der Waals surface area contributed by atoms with Crippen molar-refractivity contribution in [3.63, 3.8) is 0 Å². The van der Waals surface area contributed by atoms with Crippen molar-refractivity contribution in [3.8, 4) is 0 Å². The van der Waals surface area contributed by atoms with E-state index in [1.165, 1.54) is 38.8 Å². The molecule has 1 aromatic rings. The Labute approximate surface area is 146 Å². The molecular weight excluding hydrogens is 300 g/mol. The highest BCUT2D eigenvalue weighted by Gasteiger charge is 2.14. The predicted octanol–water partition coefficient (Wildman–Crippen LogP) is 3.36. The Morgan fingerprint density at radius 1 is 1.29 bits per heavy atom. The third kappa shape index (κ3) is 6.11. The molecule has 1 N–H and O–H groups in total. The summed E-state index contributed by atoms with van der Waals surface area (Å²) in [4.78, 5) is 20.9. The van der Waals surface area contributed by atoms with Gasteiger partial charge in [-0.05, 0) is 64.4 Å². The first-order valence-electron chi connectivity index (χ1n) is 9.23. The van der Waals surface area contributed by atoms with Crippen molar-refractivity contribution < 1.29 is 4.79 Å². The number of aryl methyl sites for hydroxylation is 1. The first kappa shape index (κ1) is 18.7. The Hall–Kier alpha value is -1.62. The highest BCUT2D eigenvalue weighted by Crippen LogP contribution is 2.12. The van der Waals surface area contributed by atoms with E-state index in [2.05, 4.69) is 15.2 Å².